The molecule has 0 bridgehead atoms. The Hall–Kier alpha value is -3.90. The van der Waals surface area contributed by atoms with Crippen molar-refractivity contribution in [2.24, 2.45) is 5.10 Å². The number of carbonyl (C=O) groups is 2. The summed E-state index contributed by atoms with van der Waals surface area (Å²) >= 11 is 5.89. The molecule has 3 aromatic carbocycles. The van der Waals surface area contributed by atoms with Crippen molar-refractivity contribution in [1.82, 2.24) is 5.43 Å². The highest BCUT2D eigenvalue weighted by molar-refractivity contribution is 6.30. The summed E-state index contributed by atoms with van der Waals surface area (Å²) in [5, 5.41) is 4.38. The van der Waals surface area contributed by atoms with Crippen molar-refractivity contribution in [2.75, 3.05) is 6.61 Å². The van der Waals surface area contributed by atoms with Crippen LogP contribution in [-0.2, 0) is 11.2 Å². The summed E-state index contributed by atoms with van der Waals surface area (Å²) in [6, 6.07) is 20.7. The molecule has 0 aliphatic carbocycles. The number of halogens is 1. The normalized spacial score (nSPS) is 10.5. The Morgan fingerprint density at radius 1 is 1.03 bits per heavy atom. The highest BCUT2D eigenvalue weighted by atomic mass is 35.5. The van der Waals surface area contributed by atoms with E-state index in [2.05, 4.69) is 17.1 Å². The average molecular weight is 449 g/mol. The second kappa shape index (κ2) is 11.5. The lowest BCUT2D eigenvalue weighted by Crippen LogP contribution is -2.24. The van der Waals surface area contributed by atoms with Gasteiger partial charge in [0.2, 0.25) is 0 Å². The van der Waals surface area contributed by atoms with Crippen molar-refractivity contribution >= 4 is 29.7 Å². The van der Waals surface area contributed by atoms with Gasteiger partial charge in [-0.15, -0.1) is 6.58 Å². The van der Waals surface area contributed by atoms with Gasteiger partial charge in [0, 0.05) is 5.02 Å². The third-order valence-corrected chi connectivity index (χ3v) is 4.48. The van der Waals surface area contributed by atoms with Crippen molar-refractivity contribution in [3.05, 3.63) is 107 Å². The van der Waals surface area contributed by atoms with Crippen LogP contribution in [0.3, 0.4) is 0 Å². The molecule has 0 radical (unpaired) electrons. The van der Waals surface area contributed by atoms with Crippen LogP contribution in [0.2, 0.25) is 5.02 Å². The average Bonchev–Trinajstić information content (AvgIpc) is 2.80. The van der Waals surface area contributed by atoms with Gasteiger partial charge in [-0.25, -0.2) is 10.2 Å². The number of nitrogens with zero attached hydrogens (tertiary/aromatic N) is 1. The lowest BCUT2D eigenvalue weighted by molar-refractivity contribution is -0.123. The molecule has 6 nitrogen and oxygen atoms in total. The summed E-state index contributed by atoms with van der Waals surface area (Å²) in [6.07, 6.45) is 3.91. The highest BCUT2D eigenvalue weighted by Gasteiger charge is 2.09. The molecule has 0 atom stereocenters. The molecule has 0 aromatic heterocycles. The molecule has 0 aliphatic rings. The number of hydrogen-bond acceptors (Lipinski definition) is 5. The van der Waals surface area contributed by atoms with E-state index in [1.807, 2.05) is 18.2 Å². The Balaban J connectivity index is 1.48. The van der Waals surface area contributed by atoms with Crippen LogP contribution in [0.5, 0.6) is 11.5 Å². The highest BCUT2D eigenvalue weighted by Crippen LogP contribution is 2.19. The zero-order valence-corrected chi connectivity index (χ0v) is 17.9. The molecule has 3 aromatic rings. The van der Waals surface area contributed by atoms with E-state index >= 15 is 0 Å². The fraction of sp³-hybridized carbons (Fsp3) is 0.0800. The van der Waals surface area contributed by atoms with Crippen molar-refractivity contribution in [3.63, 3.8) is 0 Å². The van der Waals surface area contributed by atoms with Gasteiger partial charge in [-0.3, -0.25) is 4.79 Å². The lowest BCUT2D eigenvalue weighted by atomic mass is 10.1. The Morgan fingerprint density at radius 3 is 2.56 bits per heavy atom. The zero-order valence-electron chi connectivity index (χ0n) is 17.2. The number of esters is 1. The summed E-state index contributed by atoms with van der Waals surface area (Å²) in [7, 11) is 0. The summed E-state index contributed by atoms with van der Waals surface area (Å²) in [5.41, 5.74) is 4.44. The molecule has 3 rings (SSSR count). The van der Waals surface area contributed by atoms with Crippen molar-refractivity contribution in [3.8, 4) is 11.5 Å². The second-order valence-corrected chi connectivity index (χ2v) is 7.09. The largest absolute Gasteiger partial charge is 0.483 e. The molecule has 0 heterocycles. The lowest BCUT2D eigenvalue weighted by Gasteiger charge is -2.09. The monoisotopic (exact) mass is 448 g/mol. The van der Waals surface area contributed by atoms with Crippen molar-refractivity contribution in [2.45, 2.75) is 6.42 Å². The van der Waals surface area contributed by atoms with Crippen LogP contribution in [0.1, 0.15) is 21.5 Å². The maximum absolute atomic E-state index is 12.1. The molecule has 1 N–H and O–H groups in total. The maximum Gasteiger partial charge on any atom is 0.343 e. The number of benzene rings is 3. The van der Waals surface area contributed by atoms with Crippen LogP contribution in [0.25, 0.3) is 0 Å². The molecule has 7 heteroatoms. The molecule has 0 fully saturated rings. The number of hydrazone groups is 1. The number of amides is 1. The van der Waals surface area contributed by atoms with E-state index in [-0.39, 0.29) is 12.5 Å². The first-order chi connectivity index (χ1) is 15.5. The van der Waals surface area contributed by atoms with Crippen LogP contribution >= 0.6 is 11.6 Å². The van der Waals surface area contributed by atoms with E-state index in [1.165, 1.54) is 12.3 Å². The molecule has 32 heavy (non-hydrogen) atoms. The number of ether oxygens (including phenoxy) is 2. The molecule has 162 valence electrons. The van der Waals surface area contributed by atoms with E-state index in [1.54, 1.807) is 54.6 Å². The van der Waals surface area contributed by atoms with E-state index in [4.69, 9.17) is 21.1 Å². The van der Waals surface area contributed by atoms with Gasteiger partial charge in [0.15, 0.2) is 6.61 Å². The third kappa shape index (κ3) is 6.82. The predicted octanol–water partition coefficient (Wildman–Crippen LogP) is 4.82. The maximum atomic E-state index is 12.1. The van der Waals surface area contributed by atoms with Gasteiger partial charge in [-0.1, -0.05) is 41.9 Å². The third-order valence-electron chi connectivity index (χ3n) is 4.25. The SMILES string of the molecule is C=CCc1ccccc1OCC(=O)N/N=C/c1ccc(OC(=O)c2cccc(Cl)c2)cc1. The summed E-state index contributed by atoms with van der Waals surface area (Å²) in [5.74, 6) is 0.120. The van der Waals surface area contributed by atoms with E-state index in [9.17, 15) is 9.59 Å². The first-order valence-corrected chi connectivity index (χ1v) is 10.1. The molecule has 0 spiro atoms. The number of nitrogens with one attached hydrogen (secondary N) is 1. The standard InChI is InChI=1S/C25H21ClN2O4/c1-2-6-19-7-3-4-10-23(19)31-17-24(29)28-27-16-18-11-13-22(14-12-18)32-25(30)20-8-5-9-21(26)15-20/h2-5,7-16H,1,6,17H2,(H,28,29)/b27-16+. The van der Waals surface area contributed by atoms with Gasteiger partial charge in [0.25, 0.3) is 5.91 Å². The van der Waals surface area contributed by atoms with Gasteiger partial charge < -0.3 is 9.47 Å². The topological polar surface area (TPSA) is 77.0 Å². The Morgan fingerprint density at radius 2 is 1.81 bits per heavy atom. The molecule has 0 aliphatic heterocycles. The van der Waals surface area contributed by atoms with Gasteiger partial charge in [0.1, 0.15) is 11.5 Å². The molecular formula is C25H21ClN2O4. The Labute approximate surface area is 191 Å². The quantitative estimate of drug-likeness (QED) is 0.167. The van der Waals surface area contributed by atoms with E-state index in [0.717, 1.165) is 5.56 Å². The summed E-state index contributed by atoms with van der Waals surface area (Å²) < 4.78 is 10.9. The van der Waals surface area contributed by atoms with Crippen LogP contribution in [0.4, 0.5) is 0 Å². The van der Waals surface area contributed by atoms with Crippen molar-refractivity contribution < 1.29 is 19.1 Å². The minimum absolute atomic E-state index is 0.163. The van der Waals surface area contributed by atoms with Crippen LogP contribution in [0.15, 0.2) is 90.6 Å². The van der Waals surface area contributed by atoms with Crippen molar-refractivity contribution in [1.29, 1.82) is 0 Å². The Kier molecular flexibility index (Phi) is 8.17. The number of para-hydroxylation sites is 1. The fourth-order valence-electron chi connectivity index (χ4n) is 2.73. The molecule has 1 amide bonds. The fourth-order valence-corrected chi connectivity index (χ4v) is 2.92. The van der Waals surface area contributed by atoms with Gasteiger partial charge in [0.05, 0.1) is 11.8 Å². The van der Waals surface area contributed by atoms with E-state index in [0.29, 0.717) is 34.1 Å². The van der Waals surface area contributed by atoms with Crippen LogP contribution in [0, 0.1) is 0 Å². The second-order valence-electron chi connectivity index (χ2n) is 6.65. The smallest absolute Gasteiger partial charge is 0.343 e. The van der Waals surface area contributed by atoms with Gasteiger partial charge in [-0.2, -0.15) is 5.10 Å². The first kappa shape index (κ1) is 22.8. The number of carbonyl (C=O) groups excluding carboxylic acids is 2. The molecule has 0 unspecified atom stereocenters. The summed E-state index contributed by atoms with van der Waals surface area (Å²) in [6.45, 7) is 3.55. The predicted molar refractivity (Wildman–Crippen MR) is 124 cm³/mol. The molecule has 0 saturated carbocycles. The van der Waals surface area contributed by atoms with E-state index < -0.39 is 5.97 Å². The van der Waals surface area contributed by atoms with Crippen LogP contribution in [-0.4, -0.2) is 24.7 Å². The number of rotatable bonds is 9. The van der Waals surface area contributed by atoms with Gasteiger partial charge >= 0.3 is 5.97 Å². The number of hydrogen-bond donors (Lipinski definition) is 1. The first-order valence-electron chi connectivity index (χ1n) is 9.76. The number of allylic oxidation sites excluding steroid dienone is 1. The summed E-state index contributed by atoms with van der Waals surface area (Å²) in [4.78, 5) is 24.1. The molecule has 0 saturated heterocycles. The zero-order chi connectivity index (χ0) is 22.8. The van der Waals surface area contributed by atoms with Crippen LogP contribution < -0.4 is 14.9 Å². The molecular weight excluding hydrogens is 428 g/mol. The Bertz CT molecular complexity index is 1130. The minimum atomic E-state index is -0.504. The van der Waals surface area contributed by atoms with Gasteiger partial charge in [-0.05, 0) is 66.1 Å². The minimum Gasteiger partial charge on any atom is -0.483 e.